The van der Waals surface area contributed by atoms with Gasteiger partial charge in [-0.25, -0.2) is 9.82 Å². The zero-order valence-electron chi connectivity index (χ0n) is 18.0. The summed E-state index contributed by atoms with van der Waals surface area (Å²) < 4.78 is 17.0. The monoisotopic (exact) mass is 469 g/mol. The van der Waals surface area contributed by atoms with Crippen molar-refractivity contribution in [3.8, 4) is 0 Å². The van der Waals surface area contributed by atoms with E-state index in [4.69, 9.17) is 0 Å². The maximum Gasteiger partial charge on any atom is 0.276 e. The Kier molecular flexibility index (Phi) is 6.76. The molecule has 0 unspecified atom stereocenters. The molecule has 1 aliphatic carbocycles. The molecule has 7 nitrogen and oxygen atoms in total. The van der Waals surface area contributed by atoms with E-state index in [1.165, 1.54) is 12.3 Å². The van der Waals surface area contributed by atoms with E-state index >= 15 is 4.39 Å². The number of hydrazone groups is 1. The Hall–Kier alpha value is -3.23. The summed E-state index contributed by atoms with van der Waals surface area (Å²) in [6.07, 6.45) is 5.03. The van der Waals surface area contributed by atoms with Crippen molar-refractivity contribution in [3.05, 3.63) is 75.8 Å². The normalized spacial score (nSPS) is 16.1. The maximum absolute atomic E-state index is 15.0. The number of fused-ring (bicyclic) bond motifs is 1. The van der Waals surface area contributed by atoms with E-state index in [1.54, 1.807) is 12.3 Å². The number of aromatic nitrogens is 1. The van der Waals surface area contributed by atoms with Gasteiger partial charge in [-0.1, -0.05) is 30.3 Å². The molecule has 2 fully saturated rings. The Labute approximate surface area is 196 Å². The van der Waals surface area contributed by atoms with Crippen LogP contribution < -0.4 is 21.1 Å². The smallest absolute Gasteiger partial charge is 0.276 e. The minimum absolute atomic E-state index is 0. The first-order chi connectivity index (χ1) is 15.6. The SMILES string of the molecule is Cl.O=C(N/N=C\c1ccccc1)c1cn(C2CC2)c2cc(N3CCNCC3)c(F)cc2c1=O. The fraction of sp³-hybridized carbons (Fsp3) is 0.292. The van der Waals surface area contributed by atoms with Crippen molar-refractivity contribution < 1.29 is 9.18 Å². The van der Waals surface area contributed by atoms with Crippen molar-refractivity contribution in [2.75, 3.05) is 31.1 Å². The minimum atomic E-state index is -0.606. The molecule has 1 amide bonds. The number of piperazine rings is 1. The van der Waals surface area contributed by atoms with Gasteiger partial charge >= 0.3 is 0 Å². The predicted octanol–water partition coefficient (Wildman–Crippen LogP) is 3.07. The lowest BCUT2D eigenvalue weighted by Crippen LogP contribution is -2.43. The molecule has 172 valence electrons. The number of nitrogens with zero attached hydrogens (tertiary/aromatic N) is 3. The van der Waals surface area contributed by atoms with Crippen LogP contribution in [0.25, 0.3) is 10.9 Å². The molecule has 2 N–H and O–H groups in total. The van der Waals surface area contributed by atoms with E-state index in [1.807, 2.05) is 39.8 Å². The topological polar surface area (TPSA) is 78.7 Å². The first-order valence-electron chi connectivity index (χ1n) is 10.8. The summed E-state index contributed by atoms with van der Waals surface area (Å²) in [6, 6.07) is 12.6. The summed E-state index contributed by atoms with van der Waals surface area (Å²) in [6.45, 7) is 2.98. The number of rotatable bonds is 5. The van der Waals surface area contributed by atoms with Gasteiger partial charge in [-0.05, 0) is 30.5 Å². The van der Waals surface area contributed by atoms with Crippen molar-refractivity contribution >= 4 is 41.1 Å². The molecule has 0 spiro atoms. The van der Waals surface area contributed by atoms with Crippen LogP contribution in [0.2, 0.25) is 0 Å². The van der Waals surface area contributed by atoms with E-state index in [9.17, 15) is 9.59 Å². The molecule has 0 atom stereocenters. The number of halogens is 2. The van der Waals surface area contributed by atoms with Crippen LogP contribution in [0.4, 0.5) is 10.1 Å². The first-order valence-corrected chi connectivity index (χ1v) is 10.8. The first kappa shape index (κ1) is 22.9. The Morgan fingerprint density at radius 3 is 2.58 bits per heavy atom. The molecular weight excluding hydrogens is 445 g/mol. The van der Waals surface area contributed by atoms with Crippen molar-refractivity contribution in [1.29, 1.82) is 0 Å². The second kappa shape index (κ2) is 9.72. The van der Waals surface area contributed by atoms with Gasteiger partial charge in [-0.3, -0.25) is 9.59 Å². The number of hydrogen-bond acceptors (Lipinski definition) is 5. The highest BCUT2D eigenvalue weighted by Crippen LogP contribution is 2.38. The van der Waals surface area contributed by atoms with Crippen molar-refractivity contribution in [3.63, 3.8) is 0 Å². The summed E-state index contributed by atoms with van der Waals surface area (Å²) in [5, 5.41) is 7.44. The molecule has 0 bridgehead atoms. The summed E-state index contributed by atoms with van der Waals surface area (Å²) in [5.41, 5.74) is 3.88. The molecule has 3 aromatic rings. The van der Waals surface area contributed by atoms with Crippen LogP contribution in [0.5, 0.6) is 0 Å². The molecule has 2 heterocycles. The van der Waals surface area contributed by atoms with Crippen LogP contribution in [0.15, 0.2) is 58.6 Å². The molecule has 1 aromatic heterocycles. The van der Waals surface area contributed by atoms with Crippen molar-refractivity contribution in [1.82, 2.24) is 15.3 Å². The highest BCUT2D eigenvalue weighted by atomic mass is 35.5. The third-order valence-electron chi connectivity index (χ3n) is 5.92. The molecular formula is C24H25ClFN5O2. The standard InChI is InChI=1S/C24H24FN5O2.ClH/c25-20-12-18-21(13-22(20)29-10-8-26-9-11-29)30(17-6-7-17)15-19(23(18)31)24(32)28-27-14-16-4-2-1-3-5-16;/h1-5,12-15,17,26H,6-11H2,(H,28,32);1H/b27-14-;. The average molecular weight is 470 g/mol. The molecule has 1 saturated carbocycles. The van der Waals surface area contributed by atoms with Gasteiger partial charge < -0.3 is 14.8 Å². The molecule has 5 rings (SSSR count). The van der Waals surface area contributed by atoms with Gasteiger partial charge in [0.2, 0.25) is 5.43 Å². The van der Waals surface area contributed by atoms with E-state index in [0.29, 0.717) is 24.3 Å². The van der Waals surface area contributed by atoms with Gasteiger partial charge in [-0.15, -0.1) is 12.4 Å². The summed E-state index contributed by atoms with van der Waals surface area (Å²) in [4.78, 5) is 27.9. The molecule has 1 saturated heterocycles. The highest BCUT2D eigenvalue weighted by molar-refractivity contribution is 5.98. The lowest BCUT2D eigenvalue weighted by Gasteiger charge is -2.30. The molecule has 2 aromatic carbocycles. The predicted molar refractivity (Wildman–Crippen MR) is 130 cm³/mol. The molecule has 2 aliphatic rings. The highest BCUT2D eigenvalue weighted by Gasteiger charge is 2.28. The van der Waals surface area contributed by atoms with Crippen LogP contribution in [-0.4, -0.2) is 42.9 Å². The van der Waals surface area contributed by atoms with Gasteiger partial charge in [0.05, 0.1) is 17.4 Å². The zero-order valence-corrected chi connectivity index (χ0v) is 18.8. The van der Waals surface area contributed by atoms with Crippen LogP contribution >= 0.6 is 12.4 Å². The van der Waals surface area contributed by atoms with E-state index in [0.717, 1.165) is 31.5 Å². The lowest BCUT2D eigenvalue weighted by molar-refractivity contribution is 0.0953. The van der Waals surface area contributed by atoms with Gasteiger partial charge in [0.1, 0.15) is 11.4 Å². The molecule has 1 aliphatic heterocycles. The number of carbonyl (C=O) groups excluding carboxylic acids is 1. The summed E-state index contributed by atoms with van der Waals surface area (Å²) in [5.74, 6) is -1.05. The van der Waals surface area contributed by atoms with Crippen LogP contribution in [0.1, 0.15) is 34.8 Å². The number of amides is 1. The van der Waals surface area contributed by atoms with Crippen molar-refractivity contribution in [2.24, 2.45) is 5.10 Å². The van der Waals surface area contributed by atoms with Crippen LogP contribution in [-0.2, 0) is 0 Å². The average Bonchev–Trinajstić information content (AvgIpc) is 3.66. The Balaban J connectivity index is 0.00000259. The van der Waals surface area contributed by atoms with Gasteiger partial charge in [-0.2, -0.15) is 5.10 Å². The summed E-state index contributed by atoms with van der Waals surface area (Å²) in [7, 11) is 0. The second-order valence-electron chi connectivity index (χ2n) is 8.18. The number of benzene rings is 2. The Morgan fingerprint density at radius 2 is 1.88 bits per heavy atom. The van der Waals surface area contributed by atoms with E-state index in [-0.39, 0.29) is 29.4 Å². The van der Waals surface area contributed by atoms with Crippen molar-refractivity contribution in [2.45, 2.75) is 18.9 Å². The molecule has 0 radical (unpaired) electrons. The number of pyridine rings is 1. The van der Waals surface area contributed by atoms with Gasteiger partial charge in [0.25, 0.3) is 5.91 Å². The Bertz CT molecular complexity index is 1250. The fourth-order valence-corrected chi connectivity index (χ4v) is 4.09. The van der Waals surface area contributed by atoms with E-state index < -0.39 is 17.2 Å². The van der Waals surface area contributed by atoms with Crippen LogP contribution in [0.3, 0.4) is 0 Å². The molecule has 9 heteroatoms. The largest absolute Gasteiger partial charge is 0.367 e. The van der Waals surface area contributed by atoms with Gasteiger partial charge in [0, 0.05) is 43.8 Å². The number of nitrogens with one attached hydrogen (secondary N) is 2. The number of hydrogen-bond donors (Lipinski definition) is 2. The maximum atomic E-state index is 15.0. The minimum Gasteiger partial charge on any atom is -0.367 e. The van der Waals surface area contributed by atoms with E-state index in [2.05, 4.69) is 15.8 Å². The Morgan fingerprint density at radius 1 is 1.15 bits per heavy atom. The lowest BCUT2D eigenvalue weighted by atomic mass is 10.1. The molecule has 33 heavy (non-hydrogen) atoms. The number of anilines is 1. The fourth-order valence-electron chi connectivity index (χ4n) is 4.09. The third-order valence-corrected chi connectivity index (χ3v) is 5.92. The zero-order chi connectivity index (χ0) is 22.1. The van der Waals surface area contributed by atoms with Gasteiger partial charge in [0.15, 0.2) is 0 Å². The summed E-state index contributed by atoms with van der Waals surface area (Å²) >= 11 is 0. The quantitative estimate of drug-likeness (QED) is 0.444. The third kappa shape index (κ3) is 4.77. The van der Waals surface area contributed by atoms with Crippen LogP contribution in [0, 0.1) is 5.82 Å². The second-order valence-corrected chi connectivity index (χ2v) is 8.18. The number of carbonyl (C=O) groups is 1.